The zero-order valence-corrected chi connectivity index (χ0v) is 10.6. The molecule has 0 unspecified atom stereocenters. The van der Waals surface area contributed by atoms with E-state index in [-0.39, 0.29) is 16.9 Å². The molecule has 1 amide bonds. The van der Waals surface area contributed by atoms with Crippen LogP contribution in [0.3, 0.4) is 0 Å². The maximum atomic E-state index is 13.4. The highest BCUT2D eigenvalue weighted by Gasteiger charge is 2.13. The van der Waals surface area contributed by atoms with Crippen molar-refractivity contribution < 1.29 is 9.18 Å². The summed E-state index contributed by atoms with van der Waals surface area (Å²) in [5.41, 5.74) is 0.815. The average molecular weight is 270 g/mol. The minimum absolute atomic E-state index is 0.120. The molecule has 2 N–H and O–H groups in total. The van der Waals surface area contributed by atoms with Crippen LogP contribution in [0, 0.1) is 17.1 Å². The summed E-state index contributed by atoms with van der Waals surface area (Å²) < 4.78 is 13.4. The molecule has 5 nitrogen and oxygen atoms in total. The number of benzene rings is 1. The molecule has 0 aliphatic carbocycles. The van der Waals surface area contributed by atoms with Gasteiger partial charge in [0.15, 0.2) is 0 Å². The molecule has 100 valence electrons. The lowest BCUT2D eigenvalue weighted by Gasteiger charge is -2.08. The Hall–Kier alpha value is -2.94. The van der Waals surface area contributed by atoms with Crippen LogP contribution in [0.4, 0.5) is 15.8 Å². The zero-order chi connectivity index (χ0) is 14.5. The van der Waals surface area contributed by atoms with Gasteiger partial charge in [-0.3, -0.25) is 9.78 Å². The SMILES string of the molecule is CNc1ccnc(C(=O)Nc2cccc(F)c2C#N)c1. The molecule has 6 heteroatoms. The summed E-state index contributed by atoms with van der Waals surface area (Å²) in [6.07, 6.45) is 1.48. The summed E-state index contributed by atoms with van der Waals surface area (Å²) in [5.74, 6) is -1.19. The molecule has 1 aromatic carbocycles. The van der Waals surface area contributed by atoms with Gasteiger partial charge in [0.2, 0.25) is 0 Å². The molecule has 0 aliphatic rings. The van der Waals surface area contributed by atoms with Gasteiger partial charge in [-0.2, -0.15) is 5.26 Å². The number of carbonyl (C=O) groups excluding carboxylic acids is 1. The van der Waals surface area contributed by atoms with E-state index >= 15 is 0 Å². The Kier molecular flexibility index (Phi) is 3.91. The minimum atomic E-state index is -0.678. The highest BCUT2D eigenvalue weighted by atomic mass is 19.1. The Morgan fingerprint density at radius 1 is 1.40 bits per heavy atom. The average Bonchev–Trinajstić information content (AvgIpc) is 2.47. The largest absolute Gasteiger partial charge is 0.388 e. The van der Waals surface area contributed by atoms with Gasteiger partial charge in [0, 0.05) is 18.9 Å². The van der Waals surface area contributed by atoms with Crippen LogP contribution < -0.4 is 10.6 Å². The molecule has 0 fully saturated rings. The lowest BCUT2D eigenvalue weighted by atomic mass is 10.1. The van der Waals surface area contributed by atoms with Gasteiger partial charge in [-0.15, -0.1) is 0 Å². The van der Waals surface area contributed by atoms with E-state index in [0.717, 1.165) is 11.8 Å². The second kappa shape index (κ2) is 5.80. The van der Waals surface area contributed by atoms with Crippen LogP contribution in [0.5, 0.6) is 0 Å². The van der Waals surface area contributed by atoms with Crippen molar-refractivity contribution in [1.82, 2.24) is 4.98 Å². The van der Waals surface area contributed by atoms with E-state index in [2.05, 4.69) is 15.6 Å². The normalized spacial score (nSPS) is 9.65. The topological polar surface area (TPSA) is 77.8 Å². The van der Waals surface area contributed by atoms with E-state index in [1.165, 1.54) is 18.3 Å². The first kappa shape index (κ1) is 13.5. The summed E-state index contributed by atoms with van der Waals surface area (Å²) in [6, 6.07) is 9.03. The molecule has 0 saturated carbocycles. The molecule has 0 bridgehead atoms. The number of aromatic nitrogens is 1. The van der Waals surface area contributed by atoms with Crippen LogP contribution in [-0.4, -0.2) is 17.9 Å². The Labute approximate surface area is 115 Å². The number of anilines is 2. The molecule has 0 radical (unpaired) electrons. The zero-order valence-electron chi connectivity index (χ0n) is 10.6. The van der Waals surface area contributed by atoms with Crippen molar-refractivity contribution in [2.75, 3.05) is 17.7 Å². The van der Waals surface area contributed by atoms with Crippen LogP contribution in [0.2, 0.25) is 0 Å². The molecule has 0 aliphatic heterocycles. The number of carbonyl (C=O) groups is 1. The van der Waals surface area contributed by atoms with Crippen molar-refractivity contribution >= 4 is 17.3 Å². The van der Waals surface area contributed by atoms with E-state index in [9.17, 15) is 9.18 Å². The number of nitriles is 1. The Morgan fingerprint density at radius 2 is 2.20 bits per heavy atom. The van der Waals surface area contributed by atoms with Gasteiger partial charge in [0.05, 0.1) is 5.69 Å². The maximum Gasteiger partial charge on any atom is 0.274 e. The van der Waals surface area contributed by atoms with Crippen LogP contribution in [-0.2, 0) is 0 Å². The monoisotopic (exact) mass is 270 g/mol. The third-order valence-corrected chi connectivity index (χ3v) is 2.65. The van der Waals surface area contributed by atoms with Gasteiger partial charge in [0.25, 0.3) is 5.91 Å². The van der Waals surface area contributed by atoms with E-state index in [4.69, 9.17) is 5.26 Å². The minimum Gasteiger partial charge on any atom is -0.388 e. The molecule has 0 saturated heterocycles. The lowest BCUT2D eigenvalue weighted by Crippen LogP contribution is -2.15. The molecule has 1 heterocycles. The van der Waals surface area contributed by atoms with Crippen LogP contribution >= 0.6 is 0 Å². The first-order valence-corrected chi connectivity index (χ1v) is 5.79. The third-order valence-electron chi connectivity index (χ3n) is 2.65. The fraction of sp³-hybridized carbons (Fsp3) is 0.0714. The Morgan fingerprint density at radius 3 is 2.90 bits per heavy atom. The van der Waals surface area contributed by atoms with Crippen molar-refractivity contribution in [2.45, 2.75) is 0 Å². The standard InChI is InChI=1S/C14H11FN4O/c1-17-9-5-6-18-13(7-9)14(20)19-12-4-2-3-11(15)10(12)8-16/h2-7H,1H3,(H,17,18)(H,19,20). The van der Waals surface area contributed by atoms with Crippen molar-refractivity contribution in [2.24, 2.45) is 0 Å². The maximum absolute atomic E-state index is 13.4. The fourth-order valence-corrected chi connectivity index (χ4v) is 1.64. The third kappa shape index (κ3) is 2.72. The Bertz CT molecular complexity index is 694. The fourth-order valence-electron chi connectivity index (χ4n) is 1.64. The highest BCUT2D eigenvalue weighted by molar-refractivity contribution is 6.04. The van der Waals surface area contributed by atoms with Gasteiger partial charge in [-0.1, -0.05) is 6.07 Å². The van der Waals surface area contributed by atoms with E-state index in [1.54, 1.807) is 25.2 Å². The second-order valence-electron chi connectivity index (χ2n) is 3.91. The van der Waals surface area contributed by atoms with E-state index in [1.807, 2.05) is 0 Å². The van der Waals surface area contributed by atoms with Crippen molar-refractivity contribution in [3.05, 3.63) is 53.6 Å². The molecule has 0 spiro atoms. The highest BCUT2D eigenvalue weighted by Crippen LogP contribution is 2.18. The van der Waals surface area contributed by atoms with Crippen molar-refractivity contribution in [3.63, 3.8) is 0 Å². The molecule has 20 heavy (non-hydrogen) atoms. The number of nitrogens with one attached hydrogen (secondary N) is 2. The summed E-state index contributed by atoms with van der Waals surface area (Å²) in [6.45, 7) is 0. The number of nitrogens with zero attached hydrogens (tertiary/aromatic N) is 2. The molecular formula is C14H11FN4O. The number of pyridine rings is 1. The Balaban J connectivity index is 2.28. The van der Waals surface area contributed by atoms with Gasteiger partial charge in [-0.05, 0) is 24.3 Å². The molecule has 2 aromatic rings. The van der Waals surface area contributed by atoms with Gasteiger partial charge in [-0.25, -0.2) is 4.39 Å². The van der Waals surface area contributed by atoms with E-state index in [0.29, 0.717) is 0 Å². The molecule has 0 atom stereocenters. The molecule has 1 aromatic heterocycles. The number of hydrogen-bond donors (Lipinski definition) is 2. The van der Waals surface area contributed by atoms with Crippen LogP contribution in [0.25, 0.3) is 0 Å². The van der Waals surface area contributed by atoms with Gasteiger partial charge < -0.3 is 10.6 Å². The summed E-state index contributed by atoms with van der Waals surface area (Å²) in [4.78, 5) is 16.0. The number of rotatable bonds is 3. The summed E-state index contributed by atoms with van der Waals surface area (Å²) in [7, 11) is 1.72. The van der Waals surface area contributed by atoms with Gasteiger partial charge >= 0.3 is 0 Å². The second-order valence-corrected chi connectivity index (χ2v) is 3.91. The quantitative estimate of drug-likeness (QED) is 0.897. The van der Waals surface area contributed by atoms with Crippen LogP contribution in [0.15, 0.2) is 36.5 Å². The van der Waals surface area contributed by atoms with Crippen molar-refractivity contribution in [1.29, 1.82) is 5.26 Å². The first-order valence-electron chi connectivity index (χ1n) is 5.79. The van der Waals surface area contributed by atoms with E-state index < -0.39 is 11.7 Å². The predicted molar refractivity (Wildman–Crippen MR) is 72.9 cm³/mol. The number of hydrogen-bond acceptors (Lipinski definition) is 4. The molecular weight excluding hydrogens is 259 g/mol. The van der Waals surface area contributed by atoms with Gasteiger partial charge in [0.1, 0.15) is 23.1 Å². The summed E-state index contributed by atoms with van der Waals surface area (Å²) in [5, 5.41) is 14.3. The first-order chi connectivity index (χ1) is 9.65. The number of amides is 1. The molecule has 2 rings (SSSR count). The lowest BCUT2D eigenvalue weighted by molar-refractivity contribution is 0.102. The van der Waals surface area contributed by atoms with Crippen LogP contribution in [0.1, 0.15) is 16.1 Å². The number of halogens is 1. The smallest absolute Gasteiger partial charge is 0.274 e. The predicted octanol–water partition coefficient (Wildman–Crippen LogP) is 2.39. The summed E-state index contributed by atoms with van der Waals surface area (Å²) >= 11 is 0. The van der Waals surface area contributed by atoms with Crippen molar-refractivity contribution in [3.8, 4) is 6.07 Å².